The smallest absolute Gasteiger partial charge is 0.280 e. The van der Waals surface area contributed by atoms with Gasteiger partial charge in [0, 0.05) is 0 Å². The van der Waals surface area contributed by atoms with Crippen LogP contribution < -0.4 is 5.32 Å². The van der Waals surface area contributed by atoms with Crippen molar-refractivity contribution in [2.24, 2.45) is 0 Å². The molecule has 0 aliphatic rings. The van der Waals surface area contributed by atoms with Crippen LogP contribution in [0.4, 0.5) is 0 Å². The largest absolute Gasteiger partial charge is 0.458 e. The van der Waals surface area contributed by atoms with E-state index in [-0.39, 0.29) is 5.91 Å². The number of furan rings is 1. The van der Waals surface area contributed by atoms with Gasteiger partial charge in [0.15, 0.2) is 5.01 Å². The first-order chi connectivity index (χ1) is 11.3. The molecule has 0 fully saturated rings. The average molecular weight is 340 g/mol. The van der Waals surface area contributed by atoms with Crippen LogP contribution in [0, 0.1) is 0 Å². The van der Waals surface area contributed by atoms with Crippen molar-refractivity contribution in [3.8, 4) is 10.6 Å². The van der Waals surface area contributed by atoms with Crippen LogP contribution in [-0.2, 0) is 6.54 Å². The summed E-state index contributed by atoms with van der Waals surface area (Å²) in [6.07, 6.45) is 0. The molecule has 0 bridgehead atoms. The summed E-state index contributed by atoms with van der Waals surface area (Å²) in [4.78, 5) is 17.6. The van der Waals surface area contributed by atoms with Gasteiger partial charge in [0.05, 0.1) is 21.6 Å². The van der Waals surface area contributed by atoms with Crippen molar-refractivity contribution in [3.05, 3.63) is 64.7 Å². The molecular weight excluding hydrogens is 328 g/mol. The number of thiophene rings is 1. The minimum atomic E-state index is -0.180. The molecule has 4 rings (SSSR count). The van der Waals surface area contributed by atoms with Crippen molar-refractivity contribution in [1.29, 1.82) is 0 Å². The zero-order valence-electron chi connectivity index (χ0n) is 12.0. The summed E-state index contributed by atoms with van der Waals surface area (Å²) in [7, 11) is 0. The number of aromatic nitrogens is 1. The molecule has 4 nitrogen and oxygen atoms in total. The minimum Gasteiger partial charge on any atom is -0.458 e. The van der Waals surface area contributed by atoms with E-state index in [0.29, 0.717) is 11.6 Å². The maximum atomic E-state index is 12.2. The molecule has 0 spiro atoms. The Bertz CT molecular complexity index is 921. The Labute approximate surface area is 140 Å². The number of amides is 1. The Kier molecular flexibility index (Phi) is 3.69. The van der Waals surface area contributed by atoms with Crippen molar-refractivity contribution in [2.75, 3.05) is 0 Å². The molecular formula is C17H12N2O2S2. The van der Waals surface area contributed by atoms with Crippen LogP contribution in [0.1, 0.15) is 15.6 Å². The number of rotatable bonds is 4. The zero-order chi connectivity index (χ0) is 15.6. The maximum absolute atomic E-state index is 12.2. The molecule has 6 heteroatoms. The third-order valence-corrected chi connectivity index (χ3v) is 5.26. The van der Waals surface area contributed by atoms with E-state index in [9.17, 15) is 4.79 Å². The molecule has 3 aromatic heterocycles. The first-order valence-electron chi connectivity index (χ1n) is 7.06. The van der Waals surface area contributed by atoms with Crippen molar-refractivity contribution in [3.63, 3.8) is 0 Å². The van der Waals surface area contributed by atoms with Gasteiger partial charge in [0.2, 0.25) is 0 Å². The van der Waals surface area contributed by atoms with Crippen LogP contribution in [0.5, 0.6) is 0 Å². The van der Waals surface area contributed by atoms with Gasteiger partial charge in [-0.3, -0.25) is 4.79 Å². The van der Waals surface area contributed by atoms with Crippen LogP contribution in [0.3, 0.4) is 0 Å². The van der Waals surface area contributed by atoms with Crippen LogP contribution in [0.2, 0.25) is 0 Å². The van der Waals surface area contributed by atoms with E-state index in [0.717, 1.165) is 26.6 Å². The van der Waals surface area contributed by atoms with Gasteiger partial charge in [-0.2, -0.15) is 0 Å². The first kappa shape index (κ1) is 14.2. The number of nitrogens with zero attached hydrogens (tertiary/aromatic N) is 1. The van der Waals surface area contributed by atoms with Gasteiger partial charge in [0.25, 0.3) is 5.91 Å². The van der Waals surface area contributed by atoms with Crippen molar-refractivity contribution >= 4 is 38.8 Å². The second-order valence-electron chi connectivity index (χ2n) is 4.91. The van der Waals surface area contributed by atoms with Crippen LogP contribution in [0.15, 0.2) is 58.3 Å². The average Bonchev–Trinajstić information content (AvgIpc) is 3.31. The van der Waals surface area contributed by atoms with E-state index in [1.54, 1.807) is 11.3 Å². The Morgan fingerprint density at radius 1 is 1.13 bits per heavy atom. The second-order valence-corrected chi connectivity index (χ2v) is 6.89. The van der Waals surface area contributed by atoms with Gasteiger partial charge in [-0.05, 0) is 35.7 Å². The summed E-state index contributed by atoms with van der Waals surface area (Å²) in [6, 6.07) is 15.5. The van der Waals surface area contributed by atoms with Gasteiger partial charge >= 0.3 is 0 Å². The van der Waals surface area contributed by atoms with Crippen molar-refractivity contribution in [1.82, 2.24) is 10.3 Å². The second kappa shape index (κ2) is 5.98. The van der Waals surface area contributed by atoms with E-state index < -0.39 is 0 Å². The highest BCUT2D eigenvalue weighted by molar-refractivity contribution is 7.20. The fourth-order valence-corrected chi connectivity index (χ4v) is 3.81. The lowest BCUT2D eigenvalue weighted by Gasteiger charge is -1.99. The lowest BCUT2D eigenvalue weighted by atomic mass is 10.3. The third kappa shape index (κ3) is 2.91. The fourth-order valence-electron chi connectivity index (χ4n) is 2.24. The number of thiazole rings is 1. The van der Waals surface area contributed by atoms with Crippen LogP contribution >= 0.6 is 22.7 Å². The zero-order valence-corrected chi connectivity index (χ0v) is 13.6. The number of para-hydroxylation sites is 1. The molecule has 114 valence electrons. The molecule has 1 aromatic carbocycles. The lowest BCUT2D eigenvalue weighted by Crippen LogP contribution is -2.22. The molecule has 0 radical (unpaired) electrons. The highest BCUT2D eigenvalue weighted by Gasteiger charge is 2.13. The molecule has 0 unspecified atom stereocenters. The standard InChI is InChI=1S/C17H12N2O2S2/c20-16(17-19-12-4-1-2-5-14(12)23-17)18-10-11-7-8-13(21-11)15-6-3-9-22-15/h1-9H,10H2,(H,18,20). The summed E-state index contributed by atoms with van der Waals surface area (Å²) in [5.41, 5.74) is 0.848. The van der Waals surface area contributed by atoms with Gasteiger partial charge in [0.1, 0.15) is 11.5 Å². The van der Waals surface area contributed by atoms with Crippen molar-refractivity contribution in [2.45, 2.75) is 6.54 Å². The number of nitrogens with one attached hydrogen (secondary N) is 1. The molecule has 0 saturated carbocycles. The molecule has 23 heavy (non-hydrogen) atoms. The van der Waals surface area contributed by atoms with Crippen molar-refractivity contribution < 1.29 is 9.21 Å². The van der Waals surface area contributed by atoms with E-state index in [1.165, 1.54) is 11.3 Å². The Morgan fingerprint density at radius 3 is 2.87 bits per heavy atom. The molecule has 4 aromatic rings. The highest BCUT2D eigenvalue weighted by atomic mass is 32.1. The van der Waals surface area contributed by atoms with E-state index in [1.807, 2.05) is 53.9 Å². The van der Waals surface area contributed by atoms with E-state index in [4.69, 9.17) is 4.42 Å². The predicted octanol–water partition coefficient (Wildman–Crippen LogP) is 4.55. The van der Waals surface area contributed by atoms with Gasteiger partial charge < -0.3 is 9.73 Å². The Morgan fingerprint density at radius 2 is 2.04 bits per heavy atom. The SMILES string of the molecule is O=C(NCc1ccc(-c2cccs2)o1)c1nc2ccccc2s1. The van der Waals surface area contributed by atoms with Gasteiger partial charge in [-0.15, -0.1) is 22.7 Å². The van der Waals surface area contributed by atoms with E-state index in [2.05, 4.69) is 10.3 Å². The summed E-state index contributed by atoms with van der Waals surface area (Å²) in [5.74, 6) is 1.37. The molecule has 3 heterocycles. The number of hydrogen-bond acceptors (Lipinski definition) is 5. The summed E-state index contributed by atoms with van der Waals surface area (Å²) >= 11 is 3.02. The number of fused-ring (bicyclic) bond motifs is 1. The molecule has 0 aliphatic carbocycles. The first-order valence-corrected chi connectivity index (χ1v) is 8.75. The Hall–Kier alpha value is -2.44. The topological polar surface area (TPSA) is 55.1 Å². The number of hydrogen-bond donors (Lipinski definition) is 1. The normalized spacial score (nSPS) is 11.0. The number of benzene rings is 1. The van der Waals surface area contributed by atoms with E-state index >= 15 is 0 Å². The van der Waals surface area contributed by atoms with Gasteiger partial charge in [-0.1, -0.05) is 18.2 Å². The summed E-state index contributed by atoms with van der Waals surface area (Å²) in [5, 5.41) is 5.33. The highest BCUT2D eigenvalue weighted by Crippen LogP contribution is 2.26. The third-order valence-electron chi connectivity index (χ3n) is 3.34. The quantitative estimate of drug-likeness (QED) is 0.593. The fraction of sp³-hybridized carbons (Fsp3) is 0.0588. The van der Waals surface area contributed by atoms with Crippen LogP contribution in [-0.4, -0.2) is 10.9 Å². The number of carbonyl (C=O) groups is 1. The monoisotopic (exact) mass is 340 g/mol. The Balaban J connectivity index is 1.45. The molecule has 1 amide bonds. The summed E-state index contributed by atoms with van der Waals surface area (Å²) < 4.78 is 6.76. The summed E-state index contributed by atoms with van der Waals surface area (Å²) in [6.45, 7) is 0.347. The molecule has 0 atom stereocenters. The molecule has 0 saturated heterocycles. The molecule has 1 N–H and O–H groups in total. The van der Waals surface area contributed by atoms with Gasteiger partial charge in [-0.25, -0.2) is 4.98 Å². The predicted molar refractivity (Wildman–Crippen MR) is 92.8 cm³/mol. The maximum Gasteiger partial charge on any atom is 0.280 e. The van der Waals surface area contributed by atoms with Crippen LogP contribution in [0.25, 0.3) is 20.9 Å². The minimum absolute atomic E-state index is 0.180. The molecule has 0 aliphatic heterocycles. The lowest BCUT2D eigenvalue weighted by molar-refractivity contribution is 0.0948. The number of carbonyl (C=O) groups excluding carboxylic acids is 1.